The van der Waals surface area contributed by atoms with Gasteiger partial charge in [0, 0.05) is 12.1 Å². The molecule has 4 atom stereocenters. The molecule has 1 radical (unpaired) electrons. The zero-order valence-corrected chi connectivity index (χ0v) is 27.0. The number of hydrogen-bond acceptors (Lipinski definition) is 8. The van der Waals surface area contributed by atoms with Gasteiger partial charge in [-0.15, -0.1) is 0 Å². The molecule has 251 valence electrons. The number of benzene rings is 1. The number of amides is 4. The van der Waals surface area contributed by atoms with Gasteiger partial charge in [0.15, 0.2) is 18.7 Å². The van der Waals surface area contributed by atoms with Crippen molar-refractivity contribution in [3.8, 4) is 0 Å². The molecule has 1 aromatic carbocycles. The maximum absolute atomic E-state index is 14.3. The highest BCUT2D eigenvalue weighted by Crippen LogP contribution is 2.28. The van der Waals surface area contributed by atoms with Gasteiger partial charge < -0.3 is 24.8 Å². The molecule has 0 aliphatic carbocycles. The van der Waals surface area contributed by atoms with Crippen LogP contribution in [0.2, 0.25) is 0 Å². The van der Waals surface area contributed by atoms with E-state index in [4.69, 9.17) is 14.2 Å². The third-order valence-electron chi connectivity index (χ3n) is 8.24. The van der Waals surface area contributed by atoms with Crippen molar-refractivity contribution in [3.63, 3.8) is 0 Å². The number of esters is 1. The second kappa shape index (κ2) is 15.5. The van der Waals surface area contributed by atoms with E-state index in [-0.39, 0.29) is 26.1 Å². The van der Waals surface area contributed by atoms with Crippen LogP contribution in [0.3, 0.4) is 0 Å². The van der Waals surface area contributed by atoms with Crippen LogP contribution in [0.4, 0.5) is 14.0 Å². The van der Waals surface area contributed by atoms with Crippen molar-refractivity contribution in [1.29, 1.82) is 0 Å². The molecule has 0 aromatic heterocycles. The molecular formula is C33H45FN4O8+. The van der Waals surface area contributed by atoms with Gasteiger partial charge in [-0.05, 0) is 64.5 Å². The van der Waals surface area contributed by atoms with Crippen LogP contribution in [0.5, 0.6) is 0 Å². The van der Waals surface area contributed by atoms with Gasteiger partial charge in [-0.25, -0.2) is 23.6 Å². The minimum Gasteiger partial charge on any atom is -0.467 e. The number of nitrogens with one attached hydrogen (secondary N) is 2. The Hall–Kier alpha value is -4.00. The number of carbonyl (C=O) groups is 5. The summed E-state index contributed by atoms with van der Waals surface area (Å²) >= 11 is 0. The van der Waals surface area contributed by atoms with Crippen LogP contribution in [0.15, 0.2) is 30.4 Å². The van der Waals surface area contributed by atoms with Crippen LogP contribution in [0.25, 0.3) is 0 Å². The fraction of sp³-hybridized carbons (Fsp3) is 0.606. The molecule has 0 bridgehead atoms. The Bertz CT molecular complexity index is 1330. The summed E-state index contributed by atoms with van der Waals surface area (Å²) in [5.41, 5.74) is 0.304. The van der Waals surface area contributed by atoms with E-state index in [0.717, 1.165) is 19.3 Å². The first-order chi connectivity index (χ1) is 21.9. The second-order valence-electron chi connectivity index (χ2n) is 13.0. The number of carbonyl (C=O) groups excluding carboxylic acids is 5. The predicted octanol–water partition coefficient (Wildman–Crippen LogP) is 3.94. The Kier molecular flexibility index (Phi) is 11.8. The topological polar surface area (TPSA) is 146 Å². The molecule has 4 amide bonds. The summed E-state index contributed by atoms with van der Waals surface area (Å²) in [5, 5.41) is 5.41. The number of halogens is 1. The highest BCUT2D eigenvalue weighted by molar-refractivity contribution is 5.95. The molecule has 1 fully saturated rings. The molecule has 4 rings (SSSR count). The molecule has 3 aliphatic rings. The van der Waals surface area contributed by atoms with E-state index in [1.165, 1.54) is 23.0 Å². The number of methoxy groups -OCH3 is 1. The number of rotatable bonds is 3. The fourth-order valence-corrected chi connectivity index (χ4v) is 5.95. The lowest BCUT2D eigenvalue weighted by atomic mass is 10.0. The van der Waals surface area contributed by atoms with Crippen molar-refractivity contribution in [2.45, 2.75) is 115 Å². The summed E-state index contributed by atoms with van der Waals surface area (Å²) in [6.07, 6.45) is 5.87. The Morgan fingerprint density at radius 1 is 1.04 bits per heavy atom. The maximum Gasteiger partial charge on any atom is 0.410 e. The van der Waals surface area contributed by atoms with E-state index in [1.807, 2.05) is 12.2 Å². The molecule has 0 spiro atoms. The summed E-state index contributed by atoms with van der Waals surface area (Å²) in [6.45, 7) is 5.23. The number of fused-ring (bicyclic) bond motifs is 2. The van der Waals surface area contributed by atoms with E-state index in [9.17, 15) is 28.4 Å². The Labute approximate surface area is 269 Å². The number of hydrogen-bond donors (Lipinski definition) is 2. The van der Waals surface area contributed by atoms with Gasteiger partial charge in [0.2, 0.25) is 6.04 Å². The van der Waals surface area contributed by atoms with Gasteiger partial charge in [-0.3, -0.25) is 9.69 Å². The third kappa shape index (κ3) is 9.27. The number of alkyl carbamates (subject to hydrolysis) is 1. The van der Waals surface area contributed by atoms with Crippen molar-refractivity contribution in [3.05, 3.63) is 47.3 Å². The Balaban J connectivity index is 1.56. The third-order valence-corrected chi connectivity index (χ3v) is 8.24. The van der Waals surface area contributed by atoms with Gasteiger partial charge in [0.25, 0.3) is 5.91 Å². The number of allylic oxidation sites excluding steroid dienone is 2. The first-order valence-electron chi connectivity index (χ1n) is 15.9. The molecule has 4 unspecified atom stereocenters. The minimum atomic E-state index is -1.10. The number of nitrogens with zero attached hydrogens (tertiary/aromatic N) is 2. The van der Waals surface area contributed by atoms with E-state index in [0.29, 0.717) is 36.8 Å². The average Bonchev–Trinajstić information content (AvgIpc) is 3.62. The van der Waals surface area contributed by atoms with Gasteiger partial charge >= 0.3 is 24.1 Å². The summed E-state index contributed by atoms with van der Waals surface area (Å²) in [5.74, 6) is -2.16. The lowest BCUT2D eigenvalue weighted by molar-refractivity contribution is -0.145. The summed E-state index contributed by atoms with van der Waals surface area (Å²) < 4.78 is 30.4. The molecule has 12 nitrogen and oxygen atoms in total. The quantitative estimate of drug-likeness (QED) is 0.218. The smallest absolute Gasteiger partial charge is 0.410 e. The van der Waals surface area contributed by atoms with Crippen LogP contribution >= 0.6 is 0 Å². The average molecular weight is 645 g/mol. The molecule has 13 heteroatoms. The first kappa shape index (κ1) is 34.9. The number of ether oxygens (including phenoxy) is 3. The van der Waals surface area contributed by atoms with Gasteiger partial charge in [-0.2, -0.15) is 0 Å². The molecule has 3 heterocycles. The molecule has 0 saturated carbocycles. The van der Waals surface area contributed by atoms with Crippen molar-refractivity contribution in [2.24, 2.45) is 0 Å². The second-order valence-corrected chi connectivity index (χ2v) is 13.0. The fourth-order valence-electron chi connectivity index (χ4n) is 5.95. The largest absolute Gasteiger partial charge is 0.467 e. The minimum absolute atomic E-state index is 0.0363. The van der Waals surface area contributed by atoms with Crippen molar-refractivity contribution in [2.75, 3.05) is 13.7 Å². The van der Waals surface area contributed by atoms with Crippen LogP contribution in [-0.4, -0.2) is 78.4 Å². The lowest BCUT2D eigenvalue weighted by Gasteiger charge is -2.24. The van der Waals surface area contributed by atoms with Crippen molar-refractivity contribution in [1.82, 2.24) is 20.4 Å². The molecule has 1 aromatic rings. The normalized spacial score (nSPS) is 24.8. The van der Waals surface area contributed by atoms with E-state index < -0.39 is 65.6 Å². The maximum atomic E-state index is 14.3. The van der Waals surface area contributed by atoms with Gasteiger partial charge in [0.1, 0.15) is 17.5 Å². The molecule has 46 heavy (non-hydrogen) atoms. The van der Waals surface area contributed by atoms with E-state index in [1.54, 1.807) is 32.9 Å². The Morgan fingerprint density at radius 3 is 2.52 bits per heavy atom. The molecule has 3 aliphatic heterocycles. The summed E-state index contributed by atoms with van der Waals surface area (Å²) in [7, 11) is 1.24. The molecule has 1 saturated heterocycles. The SMILES string of the molecule is COC(=O)C1CCC=CCCCCCC(NC(=O)OC(C)(C)C)C(=O)[N+]2CC(OC(=O)N3Cc4cccc(F)c4C3)CC2C(=O)N1. The van der Waals surface area contributed by atoms with E-state index in [2.05, 4.69) is 10.6 Å². The van der Waals surface area contributed by atoms with Crippen LogP contribution < -0.4 is 15.5 Å². The molecular weight excluding hydrogens is 599 g/mol. The highest BCUT2D eigenvalue weighted by atomic mass is 19.1. The van der Waals surface area contributed by atoms with Crippen molar-refractivity contribution >= 4 is 30.0 Å². The van der Waals surface area contributed by atoms with Crippen molar-refractivity contribution < 1.29 is 42.6 Å². The standard InChI is InChI=1S/C33H45FN4O8/c1-33(2,3)46-31(42)36-25-15-10-8-6-5-7-9-11-16-26(30(41)44-4)35-28(39)27-17-22(19-38(27)29(25)40)45-32(43)37-18-21-13-12-14-24(34)23(21)20-37/h7,9,12-14,22,25-27H,5-6,8,10-11,15-20H2,1-4H3,(H,35,39)(H,36,42)/q+1. The highest BCUT2D eigenvalue weighted by Gasteiger charge is 2.54. The summed E-state index contributed by atoms with van der Waals surface area (Å²) in [4.78, 5) is 69.0. The van der Waals surface area contributed by atoms with E-state index >= 15 is 0 Å². The van der Waals surface area contributed by atoms with Crippen LogP contribution in [0, 0.1) is 5.82 Å². The zero-order valence-electron chi connectivity index (χ0n) is 27.0. The first-order valence-corrected chi connectivity index (χ1v) is 15.9. The lowest BCUT2D eigenvalue weighted by Crippen LogP contribution is -2.58. The van der Waals surface area contributed by atoms with Crippen LogP contribution in [-0.2, 0) is 41.7 Å². The van der Waals surface area contributed by atoms with Gasteiger partial charge in [-0.1, -0.05) is 42.0 Å². The predicted molar refractivity (Wildman–Crippen MR) is 165 cm³/mol. The van der Waals surface area contributed by atoms with Crippen LogP contribution in [0.1, 0.15) is 83.3 Å². The molecule has 2 N–H and O–H groups in total. The van der Waals surface area contributed by atoms with Gasteiger partial charge in [0.05, 0.1) is 20.1 Å². The summed E-state index contributed by atoms with van der Waals surface area (Å²) in [6, 6.07) is 1.60. The Morgan fingerprint density at radius 2 is 1.80 bits per heavy atom. The zero-order chi connectivity index (χ0) is 33.4. The monoisotopic (exact) mass is 644 g/mol.